The summed E-state index contributed by atoms with van der Waals surface area (Å²) in [5.74, 6) is 1.10. The molecule has 24 heavy (non-hydrogen) atoms. The minimum absolute atomic E-state index is 0.0734. The van der Waals surface area contributed by atoms with Crippen molar-refractivity contribution in [3.8, 4) is 5.75 Å². The van der Waals surface area contributed by atoms with Gasteiger partial charge in [-0.15, -0.1) is 11.3 Å². The maximum absolute atomic E-state index is 12.6. The topological polar surface area (TPSA) is 41.9 Å². The number of fused-ring (bicyclic) bond motifs is 3. The van der Waals surface area contributed by atoms with Gasteiger partial charge in [-0.05, 0) is 56.5 Å². The third kappa shape index (κ3) is 2.63. The summed E-state index contributed by atoms with van der Waals surface area (Å²) in [6, 6.07) is 9.73. The number of anilines is 1. The van der Waals surface area contributed by atoms with Crippen molar-refractivity contribution in [3.63, 3.8) is 0 Å². The number of rotatable bonds is 2. The average Bonchev–Trinajstić information content (AvgIpc) is 2.88. The number of carbonyl (C=O) groups excluding carboxylic acids is 1. The van der Waals surface area contributed by atoms with E-state index in [1.54, 1.807) is 12.1 Å². The first-order valence-electron chi connectivity index (χ1n) is 8.31. The molecular weight excluding hydrogens is 320 g/mol. The average molecular weight is 340 g/mol. The number of benzene rings is 1. The quantitative estimate of drug-likeness (QED) is 0.824. The highest BCUT2D eigenvalue weighted by Gasteiger charge is 2.34. The third-order valence-electron chi connectivity index (χ3n) is 4.73. The molecule has 0 saturated heterocycles. The molecule has 0 N–H and O–H groups in total. The highest BCUT2D eigenvalue weighted by atomic mass is 32.1. The maximum Gasteiger partial charge on any atom is 0.248 e. The second kappa shape index (κ2) is 6.06. The fourth-order valence-electron chi connectivity index (χ4n) is 3.55. The highest BCUT2D eigenvalue weighted by Crippen LogP contribution is 2.36. The zero-order valence-electron chi connectivity index (χ0n) is 13.9. The lowest BCUT2D eigenvalue weighted by atomic mass is 9.91. The minimum Gasteiger partial charge on any atom is -0.497 e. The van der Waals surface area contributed by atoms with Crippen LogP contribution in [0.25, 0.3) is 0 Å². The first kappa shape index (κ1) is 15.4. The fraction of sp³-hybridized carbons (Fsp3) is 0.368. The number of hydrogen-bond acceptors (Lipinski definition) is 4. The van der Waals surface area contributed by atoms with E-state index in [1.165, 1.54) is 15.3 Å². The molecule has 1 atom stereocenters. The number of methoxy groups -OCH3 is 1. The molecule has 1 aromatic carbocycles. The van der Waals surface area contributed by atoms with Crippen molar-refractivity contribution in [2.24, 2.45) is 11.0 Å². The Morgan fingerprint density at radius 3 is 2.83 bits per heavy atom. The van der Waals surface area contributed by atoms with Crippen LogP contribution in [0.4, 0.5) is 5.69 Å². The van der Waals surface area contributed by atoms with Crippen LogP contribution in [0.2, 0.25) is 0 Å². The molecule has 1 aliphatic heterocycles. The normalized spacial score (nSPS) is 20.1. The van der Waals surface area contributed by atoms with Gasteiger partial charge in [0.1, 0.15) is 5.75 Å². The summed E-state index contributed by atoms with van der Waals surface area (Å²) in [7, 11) is 1.64. The summed E-state index contributed by atoms with van der Waals surface area (Å²) < 4.78 is 5.20. The van der Waals surface area contributed by atoms with E-state index in [0.29, 0.717) is 6.42 Å². The van der Waals surface area contributed by atoms with Crippen molar-refractivity contribution in [1.29, 1.82) is 0 Å². The van der Waals surface area contributed by atoms with Gasteiger partial charge in [-0.25, -0.2) is 5.01 Å². The van der Waals surface area contributed by atoms with E-state index in [-0.39, 0.29) is 11.8 Å². The molecule has 1 aromatic heterocycles. The fourth-order valence-corrected chi connectivity index (χ4v) is 4.64. The molecule has 1 amide bonds. The van der Waals surface area contributed by atoms with Crippen molar-refractivity contribution in [3.05, 3.63) is 45.6 Å². The van der Waals surface area contributed by atoms with Crippen LogP contribution >= 0.6 is 11.3 Å². The van der Waals surface area contributed by atoms with Gasteiger partial charge in [-0.1, -0.05) is 0 Å². The van der Waals surface area contributed by atoms with Crippen molar-refractivity contribution in [2.75, 3.05) is 12.1 Å². The molecule has 0 spiro atoms. The largest absolute Gasteiger partial charge is 0.497 e. The van der Waals surface area contributed by atoms with Crippen LogP contribution in [0.5, 0.6) is 5.75 Å². The zero-order chi connectivity index (χ0) is 16.7. The van der Waals surface area contributed by atoms with Gasteiger partial charge < -0.3 is 4.74 Å². The first-order chi connectivity index (χ1) is 11.7. The maximum atomic E-state index is 12.6. The molecule has 124 valence electrons. The van der Waals surface area contributed by atoms with Gasteiger partial charge in [-0.3, -0.25) is 4.79 Å². The van der Waals surface area contributed by atoms with E-state index < -0.39 is 0 Å². The lowest BCUT2D eigenvalue weighted by Crippen LogP contribution is -2.37. The molecule has 0 radical (unpaired) electrons. The van der Waals surface area contributed by atoms with Gasteiger partial charge >= 0.3 is 0 Å². The Bertz CT molecular complexity index is 807. The number of aryl methyl sites for hydroxylation is 2. The standard InChI is InChI=1S/C19H20N2O2S/c1-12-10-16-17(24-12)5-3-4-13-11-18(22)21(20-19(13)16)14-6-8-15(23-2)9-7-14/h6-10,13H,3-5,11H2,1-2H3. The number of ether oxygens (including phenoxy) is 1. The monoisotopic (exact) mass is 340 g/mol. The summed E-state index contributed by atoms with van der Waals surface area (Å²) in [4.78, 5) is 15.4. The molecule has 0 fully saturated rings. The van der Waals surface area contributed by atoms with Gasteiger partial charge in [0.25, 0.3) is 0 Å². The number of carbonyl (C=O) groups is 1. The Labute approximate surface area is 145 Å². The van der Waals surface area contributed by atoms with Crippen LogP contribution in [-0.4, -0.2) is 18.7 Å². The third-order valence-corrected chi connectivity index (χ3v) is 5.84. The van der Waals surface area contributed by atoms with Gasteiger partial charge in [0.2, 0.25) is 5.91 Å². The van der Waals surface area contributed by atoms with Crippen molar-refractivity contribution in [1.82, 2.24) is 0 Å². The van der Waals surface area contributed by atoms with Gasteiger partial charge in [-0.2, -0.15) is 5.10 Å². The molecule has 2 aromatic rings. The van der Waals surface area contributed by atoms with Crippen LogP contribution in [0, 0.1) is 12.8 Å². The molecule has 0 bridgehead atoms. The van der Waals surface area contributed by atoms with Crippen LogP contribution in [-0.2, 0) is 11.2 Å². The zero-order valence-corrected chi connectivity index (χ0v) is 14.7. The second-order valence-corrected chi connectivity index (χ2v) is 7.72. The van der Waals surface area contributed by atoms with Gasteiger partial charge in [0, 0.05) is 27.7 Å². The van der Waals surface area contributed by atoms with E-state index in [4.69, 9.17) is 9.84 Å². The molecule has 0 saturated carbocycles. The first-order valence-corrected chi connectivity index (χ1v) is 9.12. The number of nitrogens with zero attached hydrogens (tertiary/aromatic N) is 2. The lowest BCUT2D eigenvalue weighted by Gasteiger charge is -2.28. The van der Waals surface area contributed by atoms with E-state index in [9.17, 15) is 4.79 Å². The Kier molecular flexibility index (Phi) is 3.88. The van der Waals surface area contributed by atoms with Crippen molar-refractivity contribution >= 4 is 28.6 Å². The van der Waals surface area contributed by atoms with Crippen LogP contribution in [0.3, 0.4) is 0 Å². The van der Waals surface area contributed by atoms with Crippen LogP contribution in [0.1, 0.15) is 34.6 Å². The Morgan fingerprint density at radius 1 is 1.29 bits per heavy atom. The summed E-state index contributed by atoms with van der Waals surface area (Å²) in [5, 5.41) is 6.35. The number of amides is 1. The number of thiophene rings is 1. The van der Waals surface area contributed by atoms with Gasteiger partial charge in [0.05, 0.1) is 18.5 Å². The predicted octanol–water partition coefficient (Wildman–Crippen LogP) is 4.16. The number of hydrogen-bond donors (Lipinski definition) is 0. The highest BCUT2D eigenvalue weighted by molar-refractivity contribution is 7.12. The molecule has 2 aliphatic rings. The summed E-state index contributed by atoms with van der Waals surface area (Å²) in [6.45, 7) is 2.14. The van der Waals surface area contributed by atoms with Crippen LogP contribution < -0.4 is 9.75 Å². The molecule has 1 unspecified atom stereocenters. The lowest BCUT2D eigenvalue weighted by molar-refractivity contribution is -0.119. The molecule has 5 heteroatoms. The van der Waals surface area contributed by atoms with Crippen molar-refractivity contribution < 1.29 is 9.53 Å². The predicted molar refractivity (Wildman–Crippen MR) is 97.1 cm³/mol. The molecule has 2 heterocycles. The Balaban J connectivity index is 1.77. The van der Waals surface area contributed by atoms with E-state index >= 15 is 0 Å². The molecule has 4 rings (SSSR count). The van der Waals surface area contributed by atoms with Crippen molar-refractivity contribution in [2.45, 2.75) is 32.6 Å². The summed E-state index contributed by atoms with van der Waals surface area (Å²) in [5.41, 5.74) is 3.14. The van der Waals surface area contributed by atoms with E-state index in [1.807, 2.05) is 35.6 Å². The van der Waals surface area contributed by atoms with E-state index in [0.717, 1.165) is 36.4 Å². The van der Waals surface area contributed by atoms with Gasteiger partial charge in [0.15, 0.2) is 0 Å². The van der Waals surface area contributed by atoms with Crippen LogP contribution in [0.15, 0.2) is 35.4 Å². The molecule has 4 nitrogen and oxygen atoms in total. The smallest absolute Gasteiger partial charge is 0.248 e. The number of hydrazone groups is 1. The molecule has 1 aliphatic carbocycles. The minimum atomic E-state index is 0.0734. The van der Waals surface area contributed by atoms with E-state index in [2.05, 4.69) is 13.0 Å². The summed E-state index contributed by atoms with van der Waals surface area (Å²) >= 11 is 1.86. The second-order valence-electron chi connectivity index (χ2n) is 6.38. The Morgan fingerprint density at radius 2 is 2.08 bits per heavy atom. The SMILES string of the molecule is COc1ccc(N2N=C3c4cc(C)sc4CCCC3CC2=O)cc1. The molecular formula is C19H20N2O2S. The summed E-state index contributed by atoms with van der Waals surface area (Å²) in [6.07, 6.45) is 3.81. The Hall–Kier alpha value is -2.14.